The molecule has 2 N–H and O–H groups in total. The number of carboxylic acid groups (broad SMARTS) is 1. The molecule has 4 heteroatoms. The first-order chi connectivity index (χ1) is 9.22. The van der Waals surface area contributed by atoms with Crippen molar-refractivity contribution in [1.82, 2.24) is 9.97 Å². The molecule has 2 aromatic rings. The van der Waals surface area contributed by atoms with Crippen molar-refractivity contribution in [1.29, 1.82) is 0 Å². The number of carboxylic acids is 1. The number of hydrogen-bond donors (Lipinski definition) is 2. The van der Waals surface area contributed by atoms with Gasteiger partial charge in [-0.25, -0.2) is 4.98 Å². The van der Waals surface area contributed by atoms with Gasteiger partial charge in [0.05, 0.1) is 5.41 Å². The van der Waals surface area contributed by atoms with Crippen LogP contribution in [0.25, 0.3) is 11.4 Å². The van der Waals surface area contributed by atoms with E-state index >= 15 is 0 Å². The maximum atomic E-state index is 11.6. The van der Waals surface area contributed by atoms with Gasteiger partial charge in [-0.3, -0.25) is 4.79 Å². The van der Waals surface area contributed by atoms with Gasteiger partial charge in [0.2, 0.25) is 0 Å². The summed E-state index contributed by atoms with van der Waals surface area (Å²) in [5, 5.41) is 9.55. The Bertz CT molecular complexity index is 567. The summed E-state index contributed by atoms with van der Waals surface area (Å²) in [5.41, 5.74) is 1.21. The zero-order valence-corrected chi connectivity index (χ0v) is 10.6. The third kappa shape index (κ3) is 1.93. The number of aromatic nitrogens is 2. The van der Waals surface area contributed by atoms with Gasteiger partial charge in [-0.15, -0.1) is 0 Å². The molecule has 1 aliphatic rings. The molecule has 3 rings (SSSR count). The van der Waals surface area contributed by atoms with Crippen molar-refractivity contribution >= 4 is 5.97 Å². The number of nitrogens with zero attached hydrogens (tertiary/aromatic N) is 1. The molecule has 4 nitrogen and oxygen atoms in total. The zero-order chi connectivity index (χ0) is 13.3. The predicted molar refractivity (Wildman–Crippen MR) is 71.8 cm³/mol. The van der Waals surface area contributed by atoms with E-state index in [9.17, 15) is 9.90 Å². The second-order valence-corrected chi connectivity index (χ2v) is 5.11. The normalized spacial score (nSPS) is 17.5. The van der Waals surface area contributed by atoms with Gasteiger partial charge in [0.15, 0.2) is 0 Å². The maximum absolute atomic E-state index is 11.6. The summed E-state index contributed by atoms with van der Waals surface area (Å²) in [5.74, 6) is 0.109. The van der Waals surface area contributed by atoms with E-state index < -0.39 is 11.4 Å². The molecular weight excluding hydrogens is 240 g/mol. The van der Waals surface area contributed by atoms with Crippen molar-refractivity contribution in [2.24, 2.45) is 0 Å². The molecule has 0 radical (unpaired) electrons. The van der Waals surface area contributed by atoms with Crippen LogP contribution in [0.5, 0.6) is 0 Å². The summed E-state index contributed by atoms with van der Waals surface area (Å²) in [6.07, 6.45) is 6.95. The Balaban J connectivity index is 1.96. The Labute approximate surface area is 111 Å². The van der Waals surface area contributed by atoms with Crippen molar-refractivity contribution in [3.05, 3.63) is 42.2 Å². The fourth-order valence-corrected chi connectivity index (χ4v) is 2.97. The fraction of sp³-hybridized carbons (Fsp3) is 0.333. The number of imidazole rings is 1. The monoisotopic (exact) mass is 256 g/mol. The highest BCUT2D eigenvalue weighted by Crippen LogP contribution is 2.41. The Morgan fingerprint density at radius 3 is 2.42 bits per heavy atom. The molecule has 1 saturated carbocycles. The summed E-state index contributed by atoms with van der Waals surface area (Å²) >= 11 is 0. The molecule has 98 valence electrons. The van der Waals surface area contributed by atoms with E-state index in [1.807, 2.05) is 24.3 Å². The third-order valence-electron chi connectivity index (χ3n) is 4.08. The van der Waals surface area contributed by atoms with Crippen LogP contribution in [-0.4, -0.2) is 21.0 Å². The van der Waals surface area contributed by atoms with Crippen LogP contribution in [0.2, 0.25) is 0 Å². The molecule has 0 amide bonds. The molecular formula is C15H16N2O2. The van der Waals surface area contributed by atoms with Gasteiger partial charge < -0.3 is 10.1 Å². The quantitative estimate of drug-likeness (QED) is 0.887. The molecule has 1 aromatic heterocycles. The van der Waals surface area contributed by atoms with E-state index in [-0.39, 0.29) is 0 Å². The molecule has 0 atom stereocenters. The summed E-state index contributed by atoms with van der Waals surface area (Å²) in [6, 6.07) is 7.74. The molecule has 0 spiro atoms. The lowest BCUT2D eigenvalue weighted by molar-refractivity contribution is -0.143. The van der Waals surface area contributed by atoms with Crippen LogP contribution in [0.15, 0.2) is 36.7 Å². The SMILES string of the molecule is O=C(O)C1(c2ccc(-c3ncc[nH]3)cc2)CCCC1. The van der Waals surface area contributed by atoms with Gasteiger partial charge in [-0.1, -0.05) is 37.1 Å². The number of nitrogens with one attached hydrogen (secondary N) is 1. The lowest BCUT2D eigenvalue weighted by atomic mass is 9.79. The second-order valence-electron chi connectivity index (χ2n) is 5.11. The summed E-state index contributed by atoms with van der Waals surface area (Å²) < 4.78 is 0. The smallest absolute Gasteiger partial charge is 0.314 e. The largest absolute Gasteiger partial charge is 0.481 e. The minimum atomic E-state index is -0.698. The van der Waals surface area contributed by atoms with Gasteiger partial charge in [-0.2, -0.15) is 0 Å². The van der Waals surface area contributed by atoms with Crippen molar-refractivity contribution in [3.63, 3.8) is 0 Å². The second kappa shape index (κ2) is 4.53. The van der Waals surface area contributed by atoms with Crippen LogP contribution in [0.4, 0.5) is 0 Å². The van der Waals surface area contributed by atoms with E-state index in [0.717, 1.165) is 42.6 Å². The molecule has 1 aliphatic carbocycles. The van der Waals surface area contributed by atoms with Gasteiger partial charge in [0.25, 0.3) is 0 Å². The standard InChI is InChI=1S/C15H16N2O2/c18-14(19)15(7-1-2-8-15)12-5-3-11(4-6-12)13-16-9-10-17-13/h3-6,9-10H,1-2,7-8H2,(H,16,17)(H,18,19). The van der Waals surface area contributed by atoms with Crippen LogP contribution in [0.1, 0.15) is 31.2 Å². The molecule has 0 aliphatic heterocycles. The molecule has 0 bridgehead atoms. The Kier molecular flexibility index (Phi) is 2.85. The summed E-state index contributed by atoms with van der Waals surface area (Å²) in [4.78, 5) is 18.9. The molecule has 1 aromatic carbocycles. The van der Waals surface area contributed by atoms with E-state index in [0.29, 0.717) is 0 Å². The molecule has 19 heavy (non-hydrogen) atoms. The number of aliphatic carboxylic acids is 1. The first-order valence-electron chi connectivity index (χ1n) is 6.56. The summed E-state index contributed by atoms with van der Waals surface area (Å²) in [7, 11) is 0. The highest BCUT2D eigenvalue weighted by Gasteiger charge is 2.42. The minimum Gasteiger partial charge on any atom is -0.481 e. The predicted octanol–water partition coefficient (Wildman–Crippen LogP) is 2.97. The van der Waals surface area contributed by atoms with Crippen LogP contribution in [0, 0.1) is 0 Å². The average Bonchev–Trinajstić information content (AvgIpc) is 3.11. The van der Waals surface area contributed by atoms with E-state index in [4.69, 9.17) is 0 Å². The van der Waals surface area contributed by atoms with E-state index in [1.165, 1.54) is 0 Å². The highest BCUT2D eigenvalue weighted by molar-refractivity contribution is 5.82. The Morgan fingerprint density at radius 1 is 1.21 bits per heavy atom. The molecule has 0 saturated heterocycles. The number of carbonyl (C=O) groups is 1. The highest BCUT2D eigenvalue weighted by atomic mass is 16.4. The minimum absolute atomic E-state index is 0.679. The van der Waals surface area contributed by atoms with Crippen molar-refractivity contribution in [3.8, 4) is 11.4 Å². The number of rotatable bonds is 3. The van der Waals surface area contributed by atoms with Crippen LogP contribution in [0.3, 0.4) is 0 Å². The van der Waals surface area contributed by atoms with Crippen LogP contribution < -0.4 is 0 Å². The van der Waals surface area contributed by atoms with Crippen LogP contribution in [-0.2, 0) is 10.2 Å². The van der Waals surface area contributed by atoms with Crippen molar-refractivity contribution in [2.45, 2.75) is 31.1 Å². The number of benzene rings is 1. The number of H-pyrrole nitrogens is 1. The summed E-state index contributed by atoms with van der Waals surface area (Å²) in [6.45, 7) is 0. The lowest BCUT2D eigenvalue weighted by Crippen LogP contribution is -2.32. The number of hydrogen-bond acceptors (Lipinski definition) is 2. The van der Waals surface area contributed by atoms with E-state index in [1.54, 1.807) is 12.4 Å². The average molecular weight is 256 g/mol. The molecule has 0 unspecified atom stereocenters. The first kappa shape index (κ1) is 12.0. The number of aromatic amines is 1. The molecule has 1 fully saturated rings. The lowest BCUT2D eigenvalue weighted by Gasteiger charge is -2.24. The van der Waals surface area contributed by atoms with Gasteiger partial charge in [-0.05, 0) is 18.4 Å². The third-order valence-corrected chi connectivity index (χ3v) is 4.08. The van der Waals surface area contributed by atoms with E-state index in [2.05, 4.69) is 9.97 Å². The maximum Gasteiger partial charge on any atom is 0.314 e. The van der Waals surface area contributed by atoms with Crippen LogP contribution >= 0.6 is 0 Å². The van der Waals surface area contributed by atoms with Gasteiger partial charge in [0, 0.05) is 18.0 Å². The first-order valence-corrected chi connectivity index (χ1v) is 6.56. The fourth-order valence-electron chi connectivity index (χ4n) is 2.97. The Hall–Kier alpha value is -2.10. The molecule has 1 heterocycles. The van der Waals surface area contributed by atoms with Gasteiger partial charge >= 0.3 is 5.97 Å². The Morgan fingerprint density at radius 2 is 1.89 bits per heavy atom. The van der Waals surface area contributed by atoms with Crippen molar-refractivity contribution < 1.29 is 9.90 Å². The zero-order valence-electron chi connectivity index (χ0n) is 10.6. The topological polar surface area (TPSA) is 66.0 Å². The van der Waals surface area contributed by atoms with Crippen molar-refractivity contribution in [2.75, 3.05) is 0 Å². The van der Waals surface area contributed by atoms with Gasteiger partial charge in [0.1, 0.15) is 5.82 Å².